The molecule has 0 atom stereocenters. The molecule has 0 aliphatic rings. The van der Waals surface area contributed by atoms with Crippen LogP contribution in [0.25, 0.3) is 10.2 Å². The summed E-state index contributed by atoms with van der Waals surface area (Å²) >= 11 is 3.19. The first-order valence-electron chi connectivity index (χ1n) is 8.03. The number of para-hydroxylation sites is 1. The minimum absolute atomic E-state index is 0.0230. The molecule has 0 aliphatic carbocycles. The summed E-state index contributed by atoms with van der Waals surface area (Å²) in [5.41, 5.74) is 1.87. The number of nitrogens with one attached hydrogen (secondary N) is 1. The molecular weight excluding hydrogens is 388 g/mol. The first kappa shape index (κ1) is 18.9. The third kappa shape index (κ3) is 5.06. The topological polar surface area (TPSA) is 76.1 Å². The molecule has 0 saturated heterocycles. The molecule has 0 bridgehead atoms. The minimum atomic E-state index is -3.45. The highest BCUT2D eigenvalue weighted by molar-refractivity contribution is 8.01. The number of ketones is 1. The van der Waals surface area contributed by atoms with Crippen LogP contribution in [-0.2, 0) is 10.0 Å². The molecule has 8 heteroatoms. The molecule has 26 heavy (non-hydrogen) atoms. The summed E-state index contributed by atoms with van der Waals surface area (Å²) in [5, 5.41) is 0. The number of thioether (sulfide) groups is 1. The summed E-state index contributed by atoms with van der Waals surface area (Å²) in [6.07, 6.45) is 0.516. The fourth-order valence-corrected chi connectivity index (χ4v) is 5.73. The van der Waals surface area contributed by atoms with E-state index in [0.717, 1.165) is 14.6 Å². The second-order valence-corrected chi connectivity index (χ2v) is 9.92. The van der Waals surface area contributed by atoms with E-state index in [1.165, 1.54) is 6.92 Å². The van der Waals surface area contributed by atoms with E-state index in [4.69, 9.17) is 0 Å². The molecule has 2 aromatic carbocycles. The van der Waals surface area contributed by atoms with Gasteiger partial charge < -0.3 is 0 Å². The van der Waals surface area contributed by atoms with Gasteiger partial charge in [-0.15, -0.1) is 11.3 Å². The van der Waals surface area contributed by atoms with Gasteiger partial charge in [-0.3, -0.25) is 9.52 Å². The molecule has 136 valence electrons. The number of benzene rings is 2. The van der Waals surface area contributed by atoms with Crippen LogP contribution in [0.15, 0.2) is 52.9 Å². The molecule has 3 aromatic rings. The van der Waals surface area contributed by atoms with Crippen molar-refractivity contribution in [2.24, 2.45) is 0 Å². The van der Waals surface area contributed by atoms with Gasteiger partial charge in [0.2, 0.25) is 10.0 Å². The third-order valence-electron chi connectivity index (χ3n) is 3.60. The number of aromatic nitrogens is 1. The number of hydrogen-bond donors (Lipinski definition) is 1. The molecule has 0 spiro atoms. The SMILES string of the molecule is CC(=O)c1cccc(NS(=O)(=O)CCCSc2nc3ccccc3s2)c1. The Bertz CT molecular complexity index is 996. The third-order valence-corrected chi connectivity index (χ3v) is 7.24. The maximum atomic E-state index is 12.2. The van der Waals surface area contributed by atoms with Gasteiger partial charge in [0.25, 0.3) is 0 Å². The zero-order valence-corrected chi connectivity index (χ0v) is 16.6. The highest BCUT2D eigenvalue weighted by atomic mass is 32.2. The fraction of sp³-hybridized carbons (Fsp3) is 0.222. The predicted molar refractivity (Wildman–Crippen MR) is 109 cm³/mol. The van der Waals surface area contributed by atoms with Gasteiger partial charge in [-0.25, -0.2) is 13.4 Å². The molecule has 1 aromatic heterocycles. The lowest BCUT2D eigenvalue weighted by molar-refractivity contribution is 0.101. The van der Waals surface area contributed by atoms with Crippen molar-refractivity contribution in [3.63, 3.8) is 0 Å². The maximum absolute atomic E-state index is 12.2. The highest BCUT2D eigenvalue weighted by Crippen LogP contribution is 2.29. The Morgan fingerprint density at radius 2 is 2.00 bits per heavy atom. The van der Waals surface area contributed by atoms with Crippen molar-refractivity contribution < 1.29 is 13.2 Å². The number of thiazole rings is 1. The number of nitrogens with zero attached hydrogens (tertiary/aromatic N) is 1. The summed E-state index contributed by atoms with van der Waals surface area (Å²) < 4.78 is 29.0. The molecule has 0 saturated carbocycles. The molecule has 0 amide bonds. The minimum Gasteiger partial charge on any atom is -0.295 e. The Labute approximate surface area is 160 Å². The van der Waals surface area contributed by atoms with E-state index in [1.54, 1.807) is 47.4 Å². The highest BCUT2D eigenvalue weighted by Gasteiger charge is 2.12. The number of rotatable bonds is 8. The molecule has 0 aliphatic heterocycles. The molecule has 0 radical (unpaired) electrons. The lowest BCUT2D eigenvalue weighted by atomic mass is 10.1. The molecule has 3 rings (SSSR count). The summed E-state index contributed by atoms with van der Waals surface area (Å²) in [6, 6.07) is 14.5. The van der Waals surface area contributed by atoms with Gasteiger partial charge in [0.1, 0.15) is 0 Å². The summed E-state index contributed by atoms with van der Waals surface area (Å²) in [7, 11) is -3.45. The summed E-state index contributed by atoms with van der Waals surface area (Å²) in [6.45, 7) is 1.45. The number of carbonyl (C=O) groups is 1. The van der Waals surface area contributed by atoms with Crippen LogP contribution in [0.2, 0.25) is 0 Å². The van der Waals surface area contributed by atoms with Crippen LogP contribution in [-0.4, -0.2) is 30.7 Å². The van der Waals surface area contributed by atoms with Gasteiger partial charge in [-0.1, -0.05) is 36.0 Å². The average molecular weight is 407 g/mol. The zero-order chi connectivity index (χ0) is 18.6. The number of Topliss-reactive ketones (excluding diaryl/α,β-unsaturated/α-hetero) is 1. The first-order valence-corrected chi connectivity index (χ1v) is 11.5. The van der Waals surface area contributed by atoms with Crippen LogP contribution in [0.3, 0.4) is 0 Å². The van der Waals surface area contributed by atoms with E-state index in [1.807, 2.05) is 24.3 Å². The maximum Gasteiger partial charge on any atom is 0.232 e. The normalized spacial score (nSPS) is 11.6. The summed E-state index contributed by atoms with van der Waals surface area (Å²) in [4.78, 5) is 15.9. The predicted octanol–water partition coefficient (Wildman–Crippen LogP) is 4.42. The smallest absolute Gasteiger partial charge is 0.232 e. The monoisotopic (exact) mass is 406 g/mol. The molecule has 0 fully saturated rings. The van der Waals surface area contributed by atoms with Crippen LogP contribution < -0.4 is 4.72 Å². The Morgan fingerprint density at radius 1 is 1.19 bits per heavy atom. The van der Waals surface area contributed by atoms with Gasteiger partial charge in [0.15, 0.2) is 10.1 Å². The zero-order valence-electron chi connectivity index (χ0n) is 14.1. The van der Waals surface area contributed by atoms with Crippen LogP contribution in [0.1, 0.15) is 23.7 Å². The van der Waals surface area contributed by atoms with Crippen molar-refractivity contribution in [1.29, 1.82) is 0 Å². The fourth-order valence-electron chi connectivity index (χ4n) is 2.35. The van der Waals surface area contributed by atoms with E-state index in [-0.39, 0.29) is 11.5 Å². The van der Waals surface area contributed by atoms with Gasteiger partial charge in [0.05, 0.1) is 16.0 Å². The Kier molecular flexibility index (Phi) is 5.95. The van der Waals surface area contributed by atoms with Crippen molar-refractivity contribution in [1.82, 2.24) is 4.98 Å². The standard InChI is InChI=1S/C18H18N2O3S3/c1-13(21)14-6-4-7-15(12-14)20-26(22,23)11-5-10-24-18-19-16-8-2-3-9-17(16)25-18/h2-4,6-9,12,20H,5,10-11H2,1H3. The quantitative estimate of drug-likeness (QED) is 0.340. The van der Waals surface area contributed by atoms with Crippen molar-refractivity contribution in [3.05, 3.63) is 54.1 Å². The molecule has 1 N–H and O–H groups in total. The van der Waals surface area contributed by atoms with E-state index >= 15 is 0 Å². The molecular formula is C18H18N2O3S3. The van der Waals surface area contributed by atoms with Crippen molar-refractivity contribution in [2.75, 3.05) is 16.2 Å². The van der Waals surface area contributed by atoms with E-state index in [2.05, 4.69) is 9.71 Å². The van der Waals surface area contributed by atoms with Gasteiger partial charge in [-0.05, 0) is 37.6 Å². The lowest BCUT2D eigenvalue weighted by Crippen LogP contribution is -2.17. The van der Waals surface area contributed by atoms with E-state index in [9.17, 15) is 13.2 Å². The Morgan fingerprint density at radius 3 is 2.77 bits per heavy atom. The number of carbonyl (C=O) groups excluding carboxylic acids is 1. The van der Waals surface area contributed by atoms with Crippen LogP contribution in [0.4, 0.5) is 5.69 Å². The van der Waals surface area contributed by atoms with E-state index < -0.39 is 10.0 Å². The van der Waals surface area contributed by atoms with Gasteiger partial charge in [0, 0.05) is 17.0 Å². The van der Waals surface area contributed by atoms with Gasteiger partial charge >= 0.3 is 0 Å². The summed E-state index contributed by atoms with van der Waals surface area (Å²) in [5.74, 6) is 0.599. The van der Waals surface area contributed by atoms with Crippen molar-refractivity contribution >= 4 is 54.8 Å². The number of hydrogen-bond acceptors (Lipinski definition) is 6. The van der Waals surface area contributed by atoms with Crippen LogP contribution in [0.5, 0.6) is 0 Å². The molecule has 0 unspecified atom stereocenters. The van der Waals surface area contributed by atoms with E-state index in [0.29, 0.717) is 23.4 Å². The lowest BCUT2D eigenvalue weighted by Gasteiger charge is -2.08. The number of sulfonamides is 1. The van der Waals surface area contributed by atoms with Gasteiger partial charge in [-0.2, -0.15) is 0 Å². The van der Waals surface area contributed by atoms with Crippen molar-refractivity contribution in [3.8, 4) is 0 Å². The first-order chi connectivity index (χ1) is 12.4. The number of anilines is 1. The number of fused-ring (bicyclic) bond motifs is 1. The molecule has 1 heterocycles. The average Bonchev–Trinajstić information content (AvgIpc) is 3.01. The second-order valence-electron chi connectivity index (χ2n) is 5.71. The van der Waals surface area contributed by atoms with Crippen LogP contribution in [0, 0.1) is 0 Å². The van der Waals surface area contributed by atoms with Crippen LogP contribution >= 0.6 is 23.1 Å². The largest absolute Gasteiger partial charge is 0.295 e. The van der Waals surface area contributed by atoms with Crippen molar-refractivity contribution in [2.45, 2.75) is 17.7 Å². The Hall–Kier alpha value is -1.90. The second kappa shape index (κ2) is 8.20. The molecule has 5 nitrogen and oxygen atoms in total. The Balaban J connectivity index is 1.52.